The number of nitrogens with two attached hydrogens (primary N) is 1. The lowest BCUT2D eigenvalue weighted by Crippen LogP contribution is -2.50. The number of fused-ring (bicyclic) bond motifs is 1. The monoisotopic (exact) mass is 605 g/mol. The predicted octanol–water partition coefficient (Wildman–Crippen LogP) is 4.15. The molecular formula is C28H28IN7O. The van der Waals surface area contributed by atoms with Gasteiger partial charge in [0.2, 0.25) is 0 Å². The van der Waals surface area contributed by atoms with Crippen molar-refractivity contribution < 1.29 is 4.79 Å². The molecule has 8 nitrogen and oxygen atoms in total. The second-order valence-corrected chi connectivity index (χ2v) is 10.1. The van der Waals surface area contributed by atoms with E-state index < -0.39 is 0 Å². The number of pyridine rings is 1. The lowest BCUT2D eigenvalue weighted by atomic mass is 10.1. The topological polar surface area (TPSA) is 108 Å². The Balaban J connectivity index is 1.45. The highest BCUT2D eigenvalue weighted by molar-refractivity contribution is 14.1. The van der Waals surface area contributed by atoms with Gasteiger partial charge in [0.1, 0.15) is 17.2 Å². The normalized spacial score (nSPS) is 18.8. The summed E-state index contributed by atoms with van der Waals surface area (Å²) in [6, 6.07) is 21.9. The van der Waals surface area contributed by atoms with Gasteiger partial charge in [-0.25, -0.2) is 10.4 Å². The second-order valence-electron chi connectivity index (χ2n) is 8.90. The van der Waals surface area contributed by atoms with Crippen molar-refractivity contribution in [2.24, 2.45) is 10.7 Å². The van der Waals surface area contributed by atoms with E-state index in [4.69, 9.17) is 5.73 Å². The minimum atomic E-state index is -0.265. The number of carbonyl (C=O) groups is 1. The van der Waals surface area contributed by atoms with Gasteiger partial charge < -0.3 is 16.4 Å². The Hall–Kier alpha value is -3.70. The highest BCUT2D eigenvalue weighted by Gasteiger charge is 2.30. The molecule has 0 bridgehead atoms. The van der Waals surface area contributed by atoms with Crippen molar-refractivity contribution in [3.05, 3.63) is 105 Å². The van der Waals surface area contributed by atoms with Crippen LogP contribution in [0.1, 0.15) is 18.4 Å². The van der Waals surface area contributed by atoms with Gasteiger partial charge in [-0.1, -0.05) is 48.5 Å². The Kier molecular flexibility index (Phi) is 7.52. The molecule has 0 fully saturated rings. The number of rotatable bonds is 6. The van der Waals surface area contributed by atoms with E-state index in [2.05, 4.69) is 54.7 Å². The molecule has 2 heterocycles. The number of amidine groups is 1. The Morgan fingerprint density at radius 3 is 2.65 bits per heavy atom. The van der Waals surface area contributed by atoms with Gasteiger partial charge in [0, 0.05) is 34.6 Å². The summed E-state index contributed by atoms with van der Waals surface area (Å²) >= 11 is 2.25. The number of hydrazine groups is 1. The number of carbonyl (C=O) groups excluding carboxylic acids is 1. The molecule has 1 atom stereocenters. The van der Waals surface area contributed by atoms with Gasteiger partial charge in [-0.3, -0.25) is 14.8 Å². The summed E-state index contributed by atoms with van der Waals surface area (Å²) in [6.07, 6.45) is 5.69. The number of anilines is 1. The number of halogens is 1. The molecule has 188 valence electrons. The highest BCUT2D eigenvalue weighted by atomic mass is 127. The van der Waals surface area contributed by atoms with Crippen molar-refractivity contribution in [1.29, 1.82) is 0 Å². The summed E-state index contributed by atoms with van der Waals surface area (Å²) < 4.78 is 1.10. The van der Waals surface area contributed by atoms with Crippen LogP contribution in [0.25, 0.3) is 11.3 Å². The van der Waals surface area contributed by atoms with Gasteiger partial charge in [-0.2, -0.15) is 0 Å². The summed E-state index contributed by atoms with van der Waals surface area (Å²) in [7, 11) is 1.72. The van der Waals surface area contributed by atoms with Crippen LogP contribution >= 0.6 is 22.6 Å². The van der Waals surface area contributed by atoms with Crippen LogP contribution in [-0.2, 0) is 11.3 Å². The largest absolute Gasteiger partial charge is 0.383 e. The Morgan fingerprint density at radius 2 is 1.92 bits per heavy atom. The van der Waals surface area contributed by atoms with Crippen LogP contribution in [0.3, 0.4) is 0 Å². The fraction of sp³-hybridized carbons (Fsp3) is 0.179. The van der Waals surface area contributed by atoms with Crippen LogP contribution in [0.2, 0.25) is 0 Å². The molecule has 0 saturated carbocycles. The van der Waals surface area contributed by atoms with E-state index in [9.17, 15) is 4.79 Å². The number of allylic oxidation sites excluding steroid dienone is 1. The first-order valence-corrected chi connectivity index (χ1v) is 13.2. The summed E-state index contributed by atoms with van der Waals surface area (Å²) in [4.78, 5) is 22.6. The average Bonchev–Trinajstić information content (AvgIpc) is 3.33. The lowest BCUT2D eigenvalue weighted by molar-refractivity contribution is -0.128. The molecule has 0 spiro atoms. The number of hydrogen-bond donors (Lipinski definition) is 4. The third kappa shape index (κ3) is 5.83. The number of hydrogen-bond acceptors (Lipinski definition) is 7. The van der Waals surface area contributed by atoms with E-state index in [-0.39, 0.29) is 23.4 Å². The van der Waals surface area contributed by atoms with Gasteiger partial charge >= 0.3 is 0 Å². The molecule has 2 aliphatic rings. The van der Waals surface area contributed by atoms with Crippen LogP contribution < -0.4 is 21.8 Å². The van der Waals surface area contributed by atoms with Crippen molar-refractivity contribution in [2.45, 2.75) is 25.4 Å². The predicted molar refractivity (Wildman–Crippen MR) is 155 cm³/mol. The van der Waals surface area contributed by atoms with E-state index in [1.807, 2.05) is 72.9 Å². The van der Waals surface area contributed by atoms with Crippen LogP contribution in [-0.4, -0.2) is 34.8 Å². The molecule has 3 aromatic rings. The fourth-order valence-electron chi connectivity index (χ4n) is 4.33. The molecule has 2 aromatic carbocycles. The van der Waals surface area contributed by atoms with Gasteiger partial charge in [0.25, 0.3) is 5.91 Å². The Bertz CT molecular complexity index is 1370. The molecule has 5 rings (SSSR count). The lowest BCUT2D eigenvalue weighted by Gasteiger charge is -2.29. The van der Waals surface area contributed by atoms with Gasteiger partial charge in [0.15, 0.2) is 0 Å². The minimum Gasteiger partial charge on any atom is -0.383 e. The number of para-hydroxylation sites is 1. The SMILES string of the molecule is CN1N[C@@H]2CCC=C2N=C(N)/C(=C(\NCc2ccc(-c3ccc(I)cn3)cc2)Nc2ccccc2)C1=O. The number of nitrogens with one attached hydrogen (secondary N) is 3. The molecular weight excluding hydrogens is 577 g/mol. The maximum Gasteiger partial charge on any atom is 0.275 e. The molecule has 37 heavy (non-hydrogen) atoms. The van der Waals surface area contributed by atoms with Crippen molar-refractivity contribution in [3.63, 3.8) is 0 Å². The molecule has 5 N–H and O–H groups in total. The molecule has 0 radical (unpaired) electrons. The zero-order chi connectivity index (χ0) is 25.8. The standard InChI is InChI=1S/C28H28IN7O/c1-36-28(37)25(26(30)34-23-8-5-9-24(23)35-36)27(33-21-6-3-2-4-7-21)32-16-18-10-12-19(13-11-18)22-15-14-20(29)17-31-22/h2-4,6-8,10-15,17,24,32-33,35H,5,9,16H2,1H3,(H2,30,34)/b27-25-/t24-/m1/s1. The van der Waals surface area contributed by atoms with Crippen molar-refractivity contribution in [2.75, 3.05) is 12.4 Å². The number of benzene rings is 2. The van der Waals surface area contributed by atoms with Crippen LogP contribution in [0.5, 0.6) is 0 Å². The number of likely N-dealkylation sites (N-methyl/N-ethyl adjacent to an activating group) is 1. The molecule has 9 heteroatoms. The second kappa shape index (κ2) is 11.1. The Morgan fingerprint density at radius 1 is 1.14 bits per heavy atom. The summed E-state index contributed by atoms with van der Waals surface area (Å²) in [5, 5.41) is 8.26. The number of aliphatic imine (C=N–C) groups is 1. The Labute approximate surface area is 229 Å². The van der Waals surface area contributed by atoms with E-state index in [0.717, 1.165) is 44.6 Å². The van der Waals surface area contributed by atoms with Crippen LogP contribution in [0, 0.1) is 3.57 Å². The van der Waals surface area contributed by atoms with Crippen molar-refractivity contribution in [3.8, 4) is 11.3 Å². The first-order valence-electron chi connectivity index (χ1n) is 12.1. The van der Waals surface area contributed by atoms with Crippen molar-refractivity contribution in [1.82, 2.24) is 20.7 Å². The van der Waals surface area contributed by atoms with E-state index in [1.165, 1.54) is 5.01 Å². The first-order chi connectivity index (χ1) is 18.0. The third-order valence-electron chi connectivity index (χ3n) is 6.28. The highest BCUT2D eigenvalue weighted by Crippen LogP contribution is 2.24. The van der Waals surface area contributed by atoms with E-state index in [1.54, 1.807) is 7.05 Å². The van der Waals surface area contributed by atoms with E-state index in [0.29, 0.717) is 12.4 Å². The van der Waals surface area contributed by atoms with Gasteiger partial charge in [-0.05, 0) is 65.3 Å². The number of amides is 1. The van der Waals surface area contributed by atoms with Gasteiger partial charge in [-0.15, -0.1) is 0 Å². The molecule has 0 saturated heterocycles. The zero-order valence-electron chi connectivity index (χ0n) is 20.4. The third-order valence-corrected chi connectivity index (χ3v) is 6.92. The summed E-state index contributed by atoms with van der Waals surface area (Å²) in [5.74, 6) is 0.410. The first kappa shape index (κ1) is 25.0. The summed E-state index contributed by atoms with van der Waals surface area (Å²) in [6.45, 7) is 0.474. The number of nitrogens with zero attached hydrogens (tertiary/aromatic N) is 3. The summed E-state index contributed by atoms with van der Waals surface area (Å²) in [5.41, 5.74) is 14.7. The molecule has 1 aliphatic carbocycles. The van der Waals surface area contributed by atoms with E-state index >= 15 is 0 Å². The maximum atomic E-state index is 13.5. The molecule has 1 amide bonds. The quantitative estimate of drug-likeness (QED) is 0.249. The average molecular weight is 605 g/mol. The van der Waals surface area contributed by atoms with Gasteiger partial charge in [0.05, 0.1) is 17.4 Å². The van der Waals surface area contributed by atoms with Crippen LogP contribution in [0.15, 0.2) is 101 Å². The maximum absolute atomic E-state index is 13.5. The fourth-order valence-corrected chi connectivity index (χ4v) is 4.65. The molecule has 0 unspecified atom stereocenters. The molecule has 1 aromatic heterocycles. The van der Waals surface area contributed by atoms with Crippen molar-refractivity contribution >= 4 is 40.0 Å². The molecule has 1 aliphatic heterocycles. The number of aromatic nitrogens is 1. The smallest absolute Gasteiger partial charge is 0.275 e. The zero-order valence-corrected chi connectivity index (χ0v) is 22.6. The minimum absolute atomic E-state index is 0.0198. The van der Waals surface area contributed by atoms with Crippen LogP contribution in [0.4, 0.5) is 5.69 Å².